The highest BCUT2D eigenvalue weighted by Gasteiger charge is 2.54. The molecule has 5 nitrogen and oxygen atoms in total. The molecule has 0 spiro atoms. The number of carbonyl (C=O) groups excluding carboxylic acids is 3. The molecule has 0 saturated carbocycles. The largest absolute Gasteiger partial charge is 0.496 e. The topological polar surface area (TPSA) is 63.7 Å². The number of hydrogen-bond donors (Lipinski definition) is 0. The number of benzene rings is 2. The summed E-state index contributed by atoms with van der Waals surface area (Å²) >= 11 is 0. The van der Waals surface area contributed by atoms with Gasteiger partial charge in [0.25, 0.3) is 5.91 Å². The second-order valence-corrected chi connectivity index (χ2v) is 10.1. The average Bonchev–Trinajstić information content (AvgIpc) is 2.96. The van der Waals surface area contributed by atoms with Crippen LogP contribution in [0, 0.1) is 11.3 Å². The number of Topliss-reactive ketones (excluding diaryl/α,β-unsaturated/α-hetero) is 2. The van der Waals surface area contributed by atoms with Gasteiger partial charge >= 0.3 is 0 Å². The number of amides is 1. The van der Waals surface area contributed by atoms with E-state index in [9.17, 15) is 14.4 Å². The lowest BCUT2D eigenvalue weighted by atomic mass is 9.77. The molecule has 5 heteroatoms. The molecule has 31 heavy (non-hydrogen) atoms. The highest BCUT2D eigenvalue weighted by atomic mass is 16.5. The summed E-state index contributed by atoms with van der Waals surface area (Å²) in [5, 5.41) is 0. The summed E-state index contributed by atoms with van der Waals surface area (Å²) < 4.78 is 5.53. The third-order valence-electron chi connectivity index (χ3n) is 5.80. The Labute approximate surface area is 184 Å². The van der Waals surface area contributed by atoms with Crippen LogP contribution < -0.4 is 9.64 Å². The normalized spacial score (nSPS) is 19.6. The smallest absolute Gasteiger partial charge is 0.295 e. The summed E-state index contributed by atoms with van der Waals surface area (Å²) in [6.07, 6.45) is 0. The van der Waals surface area contributed by atoms with Gasteiger partial charge in [0.2, 0.25) is 5.78 Å². The van der Waals surface area contributed by atoms with E-state index >= 15 is 0 Å². The standard InChI is InChI=1S/C26H31NO4/c1-25(2,3)16-12-14-17(15-13-16)27-21(18-10-8-9-11-19(18)31-7)20(22(28)24(27)30)23(29)26(4,5)6/h8-15,20-21H,1-7H3. The van der Waals surface area contributed by atoms with Gasteiger partial charge in [-0.3, -0.25) is 19.3 Å². The summed E-state index contributed by atoms with van der Waals surface area (Å²) in [7, 11) is 1.54. The van der Waals surface area contributed by atoms with Crippen LogP contribution >= 0.6 is 0 Å². The molecule has 2 unspecified atom stereocenters. The van der Waals surface area contributed by atoms with E-state index < -0.39 is 29.1 Å². The van der Waals surface area contributed by atoms with Gasteiger partial charge in [0.1, 0.15) is 11.7 Å². The number of carbonyl (C=O) groups is 3. The monoisotopic (exact) mass is 421 g/mol. The quantitative estimate of drug-likeness (QED) is 0.521. The van der Waals surface area contributed by atoms with Crippen molar-refractivity contribution in [1.82, 2.24) is 0 Å². The molecule has 1 amide bonds. The van der Waals surface area contributed by atoms with E-state index in [1.165, 1.54) is 4.90 Å². The number of anilines is 1. The highest BCUT2D eigenvalue weighted by Crippen LogP contribution is 2.45. The first kappa shape index (κ1) is 22.7. The van der Waals surface area contributed by atoms with Crippen LogP contribution in [0.1, 0.15) is 58.7 Å². The van der Waals surface area contributed by atoms with Gasteiger partial charge in [-0.05, 0) is 29.2 Å². The first-order valence-electron chi connectivity index (χ1n) is 10.5. The Morgan fingerprint density at radius 1 is 0.903 bits per heavy atom. The van der Waals surface area contributed by atoms with E-state index in [2.05, 4.69) is 20.8 Å². The Morgan fingerprint density at radius 3 is 2.00 bits per heavy atom. The molecule has 1 heterocycles. The summed E-state index contributed by atoms with van der Waals surface area (Å²) in [6, 6.07) is 14.1. The Morgan fingerprint density at radius 2 is 1.48 bits per heavy atom. The fraction of sp³-hybridized carbons (Fsp3) is 0.423. The van der Waals surface area contributed by atoms with Crippen molar-refractivity contribution in [1.29, 1.82) is 0 Å². The second kappa shape index (κ2) is 7.95. The van der Waals surface area contributed by atoms with Crippen molar-refractivity contribution >= 4 is 23.2 Å². The van der Waals surface area contributed by atoms with Crippen LogP contribution in [-0.2, 0) is 19.8 Å². The molecule has 1 fully saturated rings. The molecule has 1 saturated heterocycles. The van der Waals surface area contributed by atoms with Crippen molar-refractivity contribution < 1.29 is 19.1 Å². The van der Waals surface area contributed by atoms with Crippen LogP contribution in [0.5, 0.6) is 5.75 Å². The van der Waals surface area contributed by atoms with Crippen molar-refractivity contribution in [2.24, 2.45) is 11.3 Å². The summed E-state index contributed by atoms with van der Waals surface area (Å²) in [5.41, 5.74) is 1.53. The molecule has 1 aliphatic rings. The van der Waals surface area contributed by atoms with Crippen LogP contribution in [0.2, 0.25) is 0 Å². The number of rotatable bonds is 4. The Hall–Kier alpha value is -2.95. The molecule has 3 rings (SSSR count). The number of nitrogens with zero attached hydrogens (tertiary/aromatic N) is 1. The molecular weight excluding hydrogens is 390 g/mol. The Balaban J connectivity index is 2.20. The van der Waals surface area contributed by atoms with Crippen LogP contribution in [0.4, 0.5) is 5.69 Å². The summed E-state index contributed by atoms with van der Waals surface area (Å²) in [4.78, 5) is 41.1. The summed E-state index contributed by atoms with van der Waals surface area (Å²) in [5.74, 6) is -2.14. The van der Waals surface area contributed by atoms with Crippen LogP contribution in [0.15, 0.2) is 48.5 Å². The van der Waals surface area contributed by atoms with E-state index in [1.54, 1.807) is 33.9 Å². The van der Waals surface area contributed by atoms with Gasteiger partial charge in [0.05, 0.1) is 13.2 Å². The van der Waals surface area contributed by atoms with Gasteiger partial charge in [-0.1, -0.05) is 71.9 Å². The number of ether oxygens (including phenoxy) is 1. The number of ketones is 2. The molecule has 0 aromatic heterocycles. The first-order chi connectivity index (χ1) is 14.4. The molecule has 164 valence electrons. The molecule has 0 N–H and O–H groups in total. The van der Waals surface area contributed by atoms with Crippen LogP contribution in [0.3, 0.4) is 0 Å². The maximum Gasteiger partial charge on any atom is 0.295 e. The van der Waals surface area contributed by atoms with Gasteiger partial charge in [0, 0.05) is 16.7 Å². The maximum absolute atomic E-state index is 13.3. The molecule has 1 aliphatic heterocycles. The maximum atomic E-state index is 13.3. The van der Waals surface area contributed by atoms with E-state index in [0.717, 1.165) is 5.56 Å². The second-order valence-electron chi connectivity index (χ2n) is 10.1. The minimum atomic E-state index is -1.09. The van der Waals surface area contributed by atoms with E-state index in [1.807, 2.05) is 42.5 Å². The molecular formula is C26H31NO4. The van der Waals surface area contributed by atoms with E-state index in [4.69, 9.17) is 4.74 Å². The fourth-order valence-electron chi connectivity index (χ4n) is 4.03. The van der Waals surface area contributed by atoms with Crippen LogP contribution in [-0.4, -0.2) is 24.6 Å². The lowest BCUT2D eigenvalue weighted by molar-refractivity contribution is -0.141. The van der Waals surface area contributed by atoms with Crippen molar-refractivity contribution in [2.45, 2.75) is 53.0 Å². The first-order valence-corrected chi connectivity index (χ1v) is 10.5. The Bertz CT molecular complexity index is 1010. The molecule has 0 radical (unpaired) electrons. The van der Waals surface area contributed by atoms with Gasteiger partial charge < -0.3 is 4.74 Å². The van der Waals surface area contributed by atoms with Crippen LogP contribution in [0.25, 0.3) is 0 Å². The minimum absolute atomic E-state index is 0.0455. The molecule has 2 aromatic carbocycles. The molecule has 0 bridgehead atoms. The van der Waals surface area contributed by atoms with E-state index in [0.29, 0.717) is 17.0 Å². The third-order valence-corrected chi connectivity index (χ3v) is 5.80. The van der Waals surface area contributed by atoms with Gasteiger partial charge in [-0.15, -0.1) is 0 Å². The summed E-state index contributed by atoms with van der Waals surface area (Å²) in [6.45, 7) is 11.7. The van der Waals surface area contributed by atoms with Crippen molar-refractivity contribution in [2.75, 3.05) is 12.0 Å². The average molecular weight is 422 g/mol. The van der Waals surface area contributed by atoms with Gasteiger partial charge in [0.15, 0.2) is 5.78 Å². The van der Waals surface area contributed by atoms with Crippen molar-refractivity contribution in [3.63, 3.8) is 0 Å². The molecule has 2 aromatic rings. The Kier molecular flexibility index (Phi) is 5.83. The predicted octanol–water partition coefficient (Wildman–Crippen LogP) is 4.88. The van der Waals surface area contributed by atoms with Gasteiger partial charge in [-0.2, -0.15) is 0 Å². The SMILES string of the molecule is COc1ccccc1C1C(C(=O)C(C)(C)C)C(=O)C(=O)N1c1ccc(C(C)(C)C)cc1. The number of methoxy groups -OCH3 is 1. The fourth-order valence-corrected chi connectivity index (χ4v) is 4.03. The number of hydrogen-bond acceptors (Lipinski definition) is 4. The predicted molar refractivity (Wildman–Crippen MR) is 121 cm³/mol. The molecule has 0 aliphatic carbocycles. The van der Waals surface area contributed by atoms with Gasteiger partial charge in [-0.25, -0.2) is 0 Å². The lowest BCUT2D eigenvalue weighted by Gasteiger charge is -2.31. The zero-order chi connectivity index (χ0) is 23.1. The molecule has 2 atom stereocenters. The third kappa shape index (κ3) is 4.14. The number of para-hydroxylation sites is 1. The zero-order valence-corrected chi connectivity index (χ0v) is 19.4. The van der Waals surface area contributed by atoms with E-state index in [-0.39, 0.29) is 11.2 Å². The van der Waals surface area contributed by atoms with Crippen molar-refractivity contribution in [3.05, 3.63) is 59.7 Å². The lowest BCUT2D eigenvalue weighted by Crippen LogP contribution is -2.36. The highest BCUT2D eigenvalue weighted by molar-refractivity contribution is 6.48. The van der Waals surface area contributed by atoms with Crippen molar-refractivity contribution in [3.8, 4) is 5.75 Å². The minimum Gasteiger partial charge on any atom is -0.496 e. The zero-order valence-electron chi connectivity index (χ0n) is 19.4.